The standard InChI is InChI=1S/C23H23Cl2NO5/c1-22(2)7-15(27)20-17(9-22)31-18-10-23(3,4)8-16(28)21(18)19(20)11-5-14(26(29)30)13(25)6-12(11)24/h5-6,19H,7-10H2,1-4H3. The Kier molecular flexibility index (Phi) is 5.10. The van der Waals surface area contributed by atoms with E-state index >= 15 is 0 Å². The fourth-order valence-corrected chi connectivity index (χ4v) is 5.46. The van der Waals surface area contributed by atoms with E-state index in [1.165, 1.54) is 12.1 Å². The summed E-state index contributed by atoms with van der Waals surface area (Å²) in [7, 11) is 0. The van der Waals surface area contributed by atoms with Gasteiger partial charge >= 0.3 is 0 Å². The van der Waals surface area contributed by atoms with Crippen molar-refractivity contribution in [1.29, 1.82) is 0 Å². The van der Waals surface area contributed by atoms with Crippen molar-refractivity contribution in [1.82, 2.24) is 0 Å². The Bertz CT molecular complexity index is 1060. The Morgan fingerprint density at radius 1 is 0.903 bits per heavy atom. The molecule has 0 fully saturated rings. The van der Waals surface area contributed by atoms with Gasteiger partial charge in [-0.15, -0.1) is 0 Å². The largest absolute Gasteiger partial charge is 0.465 e. The maximum atomic E-state index is 13.3. The molecule has 3 aliphatic rings. The minimum Gasteiger partial charge on any atom is -0.465 e. The molecular formula is C23H23Cl2NO5. The van der Waals surface area contributed by atoms with Crippen LogP contribution in [0.15, 0.2) is 34.8 Å². The van der Waals surface area contributed by atoms with Crippen LogP contribution in [0.5, 0.6) is 0 Å². The minimum absolute atomic E-state index is 0.0959. The lowest BCUT2D eigenvalue weighted by Crippen LogP contribution is -2.37. The van der Waals surface area contributed by atoms with Crippen LogP contribution in [0.4, 0.5) is 5.69 Å². The number of allylic oxidation sites excluding steroid dienone is 4. The highest BCUT2D eigenvalue weighted by Gasteiger charge is 2.48. The Morgan fingerprint density at radius 2 is 1.39 bits per heavy atom. The lowest BCUT2D eigenvalue weighted by molar-refractivity contribution is -0.384. The molecule has 0 atom stereocenters. The Morgan fingerprint density at radius 3 is 1.84 bits per heavy atom. The van der Waals surface area contributed by atoms with E-state index in [2.05, 4.69) is 0 Å². The smallest absolute Gasteiger partial charge is 0.288 e. The Labute approximate surface area is 190 Å². The summed E-state index contributed by atoms with van der Waals surface area (Å²) < 4.78 is 6.21. The van der Waals surface area contributed by atoms with Gasteiger partial charge < -0.3 is 4.74 Å². The van der Waals surface area contributed by atoms with Gasteiger partial charge in [-0.25, -0.2) is 0 Å². The van der Waals surface area contributed by atoms with Crippen molar-refractivity contribution < 1.29 is 19.2 Å². The number of rotatable bonds is 2. The van der Waals surface area contributed by atoms with Crippen molar-refractivity contribution >= 4 is 40.5 Å². The van der Waals surface area contributed by atoms with Gasteiger partial charge in [0.25, 0.3) is 5.69 Å². The van der Waals surface area contributed by atoms with Crippen LogP contribution in [0.3, 0.4) is 0 Å². The zero-order valence-corrected chi connectivity index (χ0v) is 19.3. The third-order valence-electron chi connectivity index (χ3n) is 6.16. The summed E-state index contributed by atoms with van der Waals surface area (Å²) in [5.41, 5.74) is 0.200. The number of nitro groups is 1. The predicted molar refractivity (Wildman–Crippen MR) is 117 cm³/mol. The summed E-state index contributed by atoms with van der Waals surface area (Å²) in [6.07, 6.45) is 1.65. The topological polar surface area (TPSA) is 86.5 Å². The van der Waals surface area contributed by atoms with Crippen LogP contribution in [0, 0.1) is 20.9 Å². The summed E-state index contributed by atoms with van der Waals surface area (Å²) in [6, 6.07) is 2.59. The van der Waals surface area contributed by atoms with Gasteiger partial charge in [0.1, 0.15) is 16.5 Å². The van der Waals surface area contributed by atoms with Crippen molar-refractivity contribution in [3.63, 3.8) is 0 Å². The molecule has 0 bridgehead atoms. The number of ketones is 2. The van der Waals surface area contributed by atoms with Gasteiger partial charge in [0.15, 0.2) is 11.6 Å². The molecule has 0 radical (unpaired) electrons. The van der Waals surface area contributed by atoms with Crippen molar-refractivity contribution in [2.45, 2.75) is 59.3 Å². The Hall–Kier alpha value is -2.18. The first-order valence-corrected chi connectivity index (χ1v) is 10.9. The van der Waals surface area contributed by atoms with E-state index < -0.39 is 10.8 Å². The molecule has 6 nitrogen and oxygen atoms in total. The molecule has 0 N–H and O–H groups in total. The summed E-state index contributed by atoms with van der Waals surface area (Å²) in [6.45, 7) is 7.97. The van der Waals surface area contributed by atoms with E-state index in [0.29, 0.717) is 53.9 Å². The van der Waals surface area contributed by atoms with E-state index in [0.717, 1.165) is 0 Å². The molecular weight excluding hydrogens is 441 g/mol. The number of hydrogen-bond donors (Lipinski definition) is 0. The molecule has 0 saturated carbocycles. The SMILES string of the molecule is CC1(C)CC(=O)C2=C(C1)OC1=C(C(=O)CC(C)(C)C1)C2c1cc([N+](=O)[O-])c(Cl)cc1Cl. The molecule has 0 amide bonds. The zero-order valence-electron chi connectivity index (χ0n) is 17.8. The monoisotopic (exact) mass is 463 g/mol. The second-order valence-electron chi connectivity index (χ2n) is 10.2. The van der Waals surface area contributed by atoms with Gasteiger partial charge in [-0.05, 0) is 22.5 Å². The summed E-state index contributed by atoms with van der Waals surface area (Å²) in [5, 5.41) is 11.6. The number of carbonyl (C=O) groups is 2. The summed E-state index contributed by atoms with van der Waals surface area (Å²) in [4.78, 5) is 37.5. The van der Waals surface area contributed by atoms with E-state index in [1.54, 1.807) is 0 Å². The average molecular weight is 464 g/mol. The van der Waals surface area contributed by atoms with Crippen LogP contribution in [-0.2, 0) is 14.3 Å². The number of ether oxygens (including phenoxy) is 1. The van der Waals surface area contributed by atoms with Crippen molar-refractivity contribution in [3.8, 4) is 0 Å². The van der Waals surface area contributed by atoms with E-state index in [4.69, 9.17) is 27.9 Å². The van der Waals surface area contributed by atoms with Gasteiger partial charge in [-0.2, -0.15) is 0 Å². The third kappa shape index (κ3) is 3.80. The average Bonchev–Trinajstić information content (AvgIpc) is 2.57. The number of nitro benzene ring substituents is 1. The van der Waals surface area contributed by atoms with E-state index in [9.17, 15) is 19.7 Å². The van der Waals surface area contributed by atoms with Crippen molar-refractivity contribution in [2.75, 3.05) is 0 Å². The molecule has 0 spiro atoms. The molecule has 8 heteroatoms. The maximum absolute atomic E-state index is 13.3. The summed E-state index contributed by atoms with van der Waals surface area (Å²) >= 11 is 12.5. The Balaban J connectivity index is 1.99. The highest BCUT2D eigenvalue weighted by molar-refractivity contribution is 6.36. The summed E-state index contributed by atoms with van der Waals surface area (Å²) in [5.74, 6) is 0.00552. The van der Waals surface area contributed by atoms with Crippen LogP contribution >= 0.6 is 23.2 Å². The van der Waals surface area contributed by atoms with Crippen LogP contribution in [0.1, 0.15) is 64.9 Å². The van der Waals surface area contributed by atoms with Crippen LogP contribution in [0.25, 0.3) is 0 Å². The molecule has 1 aromatic carbocycles. The maximum Gasteiger partial charge on any atom is 0.288 e. The molecule has 164 valence electrons. The molecule has 2 aliphatic carbocycles. The van der Waals surface area contributed by atoms with Gasteiger partial charge in [-0.1, -0.05) is 50.9 Å². The number of nitrogens with zero attached hydrogens (tertiary/aromatic N) is 1. The van der Waals surface area contributed by atoms with Crippen LogP contribution < -0.4 is 0 Å². The van der Waals surface area contributed by atoms with E-state index in [1.807, 2.05) is 27.7 Å². The normalized spacial score (nSPS) is 22.8. The van der Waals surface area contributed by atoms with Gasteiger partial charge in [-0.3, -0.25) is 19.7 Å². The van der Waals surface area contributed by atoms with Crippen molar-refractivity contribution in [2.24, 2.45) is 10.8 Å². The van der Waals surface area contributed by atoms with E-state index in [-0.39, 0.29) is 38.1 Å². The lowest BCUT2D eigenvalue weighted by Gasteiger charge is -2.42. The number of hydrogen-bond acceptors (Lipinski definition) is 5. The van der Waals surface area contributed by atoms with Gasteiger partial charge in [0.05, 0.1) is 4.92 Å². The molecule has 1 aliphatic heterocycles. The molecule has 1 heterocycles. The van der Waals surface area contributed by atoms with Crippen LogP contribution in [0.2, 0.25) is 10.0 Å². The van der Waals surface area contributed by atoms with Crippen LogP contribution in [-0.4, -0.2) is 16.5 Å². The predicted octanol–water partition coefficient (Wildman–Crippen LogP) is 6.30. The number of Topliss-reactive ketones (excluding diaryl/α,β-unsaturated/α-hetero) is 2. The van der Waals surface area contributed by atoms with Gasteiger partial charge in [0, 0.05) is 53.8 Å². The third-order valence-corrected chi connectivity index (χ3v) is 6.79. The second-order valence-corrected chi connectivity index (χ2v) is 11.0. The first kappa shape index (κ1) is 22.0. The first-order valence-electron chi connectivity index (χ1n) is 10.1. The highest BCUT2D eigenvalue weighted by Crippen LogP contribution is 2.54. The number of halogens is 2. The number of benzene rings is 1. The quantitative estimate of drug-likeness (QED) is 0.379. The molecule has 31 heavy (non-hydrogen) atoms. The minimum atomic E-state index is -0.797. The molecule has 4 rings (SSSR count). The number of carbonyl (C=O) groups excluding carboxylic acids is 2. The first-order chi connectivity index (χ1) is 14.3. The molecule has 0 unspecified atom stereocenters. The molecule has 0 aromatic heterocycles. The molecule has 1 aromatic rings. The highest BCUT2D eigenvalue weighted by atomic mass is 35.5. The zero-order chi connectivity index (χ0) is 22.9. The fourth-order valence-electron chi connectivity index (χ4n) is 4.90. The molecule has 0 saturated heterocycles. The van der Waals surface area contributed by atoms with Gasteiger partial charge in [0.2, 0.25) is 0 Å². The fraction of sp³-hybridized carbons (Fsp3) is 0.478. The van der Waals surface area contributed by atoms with Crippen molar-refractivity contribution in [3.05, 3.63) is 60.5 Å². The second kappa shape index (κ2) is 7.17. The lowest BCUT2D eigenvalue weighted by atomic mass is 9.65.